The largest absolute Gasteiger partial charge is 0.257 e. The molecule has 1 aliphatic heterocycles. The SMILES string of the molecule is O=NN1CCN(N=O)CCN(N=O)CCN(N=O)CC1. The molecule has 1 fully saturated rings. The zero-order chi connectivity index (χ0) is 14.8. The Morgan fingerprint density at radius 2 is 0.550 bits per heavy atom. The summed E-state index contributed by atoms with van der Waals surface area (Å²) in [6.07, 6.45) is 0. The Hall–Kier alpha value is -2.40. The van der Waals surface area contributed by atoms with Gasteiger partial charge in [-0.1, -0.05) is 0 Å². The molecule has 0 N–H and O–H groups in total. The van der Waals surface area contributed by atoms with Crippen molar-refractivity contribution in [3.8, 4) is 0 Å². The molecular weight excluding hydrogens is 272 g/mol. The molecule has 0 saturated carbocycles. The van der Waals surface area contributed by atoms with E-state index >= 15 is 0 Å². The number of hydrogen-bond acceptors (Lipinski definition) is 8. The molecule has 0 aliphatic carbocycles. The average Bonchev–Trinajstić information content (AvgIpc) is 2.48. The van der Waals surface area contributed by atoms with Crippen LogP contribution in [-0.2, 0) is 0 Å². The molecule has 0 bridgehead atoms. The van der Waals surface area contributed by atoms with E-state index in [1.54, 1.807) is 0 Å². The van der Waals surface area contributed by atoms with Crippen LogP contribution in [0, 0.1) is 19.6 Å². The third-order valence-electron chi connectivity index (χ3n) is 2.93. The van der Waals surface area contributed by atoms with E-state index in [4.69, 9.17) is 0 Å². The molecule has 20 heavy (non-hydrogen) atoms. The van der Waals surface area contributed by atoms with Gasteiger partial charge in [0, 0.05) is 0 Å². The van der Waals surface area contributed by atoms with E-state index in [-0.39, 0.29) is 52.4 Å². The molecule has 0 unspecified atom stereocenters. The van der Waals surface area contributed by atoms with Crippen LogP contribution in [-0.4, -0.2) is 72.4 Å². The highest BCUT2D eigenvalue weighted by atomic mass is 16.3. The molecule has 112 valence electrons. The Bertz CT molecular complexity index is 262. The van der Waals surface area contributed by atoms with Crippen LogP contribution in [0.2, 0.25) is 0 Å². The summed E-state index contributed by atoms with van der Waals surface area (Å²) >= 11 is 0. The van der Waals surface area contributed by atoms with Crippen molar-refractivity contribution in [2.24, 2.45) is 21.1 Å². The summed E-state index contributed by atoms with van der Waals surface area (Å²) in [4.78, 5) is 42.5. The molecule has 12 heteroatoms. The maximum atomic E-state index is 10.6. The maximum Gasteiger partial charge on any atom is 0.0586 e. The van der Waals surface area contributed by atoms with Gasteiger partial charge in [-0.15, -0.1) is 19.6 Å². The second-order valence-corrected chi connectivity index (χ2v) is 4.14. The minimum absolute atomic E-state index is 0.191. The van der Waals surface area contributed by atoms with Crippen LogP contribution in [0.15, 0.2) is 21.1 Å². The average molecular weight is 288 g/mol. The number of nitrogens with zero attached hydrogens (tertiary/aromatic N) is 8. The predicted molar refractivity (Wildman–Crippen MR) is 69.5 cm³/mol. The molecule has 0 amide bonds. The number of hydrogen-bond donors (Lipinski definition) is 0. The van der Waals surface area contributed by atoms with Gasteiger partial charge >= 0.3 is 0 Å². The number of rotatable bonds is 4. The Balaban J connectivity index is 2.67. The van der Waals surface area contributed by atoms with Gasteiger partial charge in [0.05, 0.1) is 73.5 Å². The van der Waals surface area contributed by atoms with E-state index in [0.717, 1.165) is 0 Å². The van der Waals surface area contributed by atoms with Crippen LogP contribution in [0.1, 0.15) is 0 Å². The van der Waals surface area contributed by atoms with Crippen molar-refractivity contribution in [2.75, 3.05) is 52.4 Å². The van der Waals surface area contributed by atoms with Crippen molar-refractivity contribution >= 4 is 0 Å². The molecule has 0 radical (unpaired) electrons. The van der Waals surface area contributed by atoms with Crippen LogP contribution in [0.3, 0.4) is 0 Å². The van der Waals surface area contributed by atoms with Crippen molar-refractivity contribution in [1.82, 2.24) is 20.0 Å². The van der Waals surface area contributed by atoms with E-state index in [2.05, 4.69) is 21.1 Å². The van der Waals surface area contributed by atoms with E-state index in [9.17, 15) is 19.6 Å². The molecule has 1 aliphatic rings. The molecule has 1 rings (SSSR count). The fraction of sp³-hybridized carbons (Fsp3) is 1.00. The zero-order valence-corrected chi connectivity index (χ0v) is 10.9. The van der Waals surface area contributed by atoms with Gasteiger partial charge in [-0.05, 0) is 0 Å². The topological polar surface area (TPSA) is 131 Å². The van der Waals surface area contributed by atoms with Crippen LogP contribution >= 0.6 is 0 Å². The fourth-order valence-electron chi connectivity index (χ4n) is 1.70. The molecule has 0 aromatic rings. The van der Waals surface area contributed by atoms with Crippen molar-refractivity contribution in [2.45, 2.75) is 0 Å². The van der Waals surface area contributed by atoms with Crippen LogP contribution in [0.4, 0.5) is 0 Å². The Morgan fingerprint density at radius 3 is 0.650 bits per heavy atom. The van der Waals surface area contributed by atoms with E-state index in [1.807, 2.05) is 0 Å². The second-order valence-electron chi connectivity index (χ2n) is 4.14. The van der Waals surface area contributed by atoms with Crippen molar-refractivity contribution in [3.05, 3.63) is 19.6 Å². The summed E-state index contributed by atoms with van der Waals surface area (Å²) in [5, 5.41) is 16.0. The molecule has 0 atom stereocenters. The Morgan fingerprint density at radius 1 is 0.400 bits per heavy atom. The first-order valence-corrected chi connectivity index (χ1v) is 6.06. The molecule has 0 aromatic carbocycles. The van der Waals surface area contributed by atoms with Crippen molar-refractivity contribution in [3.63, 3.8) is 0 Å². The summed E-state index contributed by atoms with van der Waals surface area (Å²) < 4.78 is 0. The van der Waals surface area contributed by atoms with Gasteiger partial charge in [0.2, 0.25) is 0 Å². The lowest BCUT2D eigenvalue weighted by Gasteiger charge is -2.26. The standard InChI is InChI=1S/C8H16N8O4/c17-9-13-1-2-14(10-18)5-6-16(12-20)8-7-15(11-19)4-3-13/h1-8H2. The van der Waals surface area contributed by atoms with Gasteiger partial charge in [0.25, 0.3) is 0 Å². The van der Waals surface area contributed by atoms with Gasteiger partial charge in [-0.3, -0.25) is 20.0 Å². The van der Waals surface area contributed by atoms with E-state index < -0.39 is 0 Å². The molecule has 1 heterocycles. The van der Waals surface area contributed by atoms with Crippen LogP contribution < -0.4 is 0 Å². The van der Waals surface area contributed by atoms with Gasteiger partial charge in [-0.25, -0.2) is 0 Å². The van der Waals surface area contributed by atoms with Gasteiger partial charge in [0.15, 0.2) is 0 Å². The first-order valence-electron chi connectivity index (χ1n) is 6.06. The van der Waals surface area contributed by atoms with Crippen LogP contribution in [0.5, 0.6) is 0 Å². The minimum Gasteiger partial charge on any atom is -0.257 e. The van der Waals surface area contributed by atoms with Crippen molar-refractivity contribution in [1.29, 1.82) is 0 Å². The summed E-state index contributed by atoms with van der Waals surface area (Å²) in [7, 11) is 0. The molecule has 12 nitrogen and oxygen atoms in total. The minimum atomic E-state index is 0.191. The first-order chi connectivity index (χ1) is 9.73. The monoisotopic (exact) mass is 288 g/mol. The highest BCUT2D eigenvalue weighted by Crippen LogP contribution is 2.01. The summed E-state index contributed by atoms with van der Waals surface area (Å²) in [6.45, 7) is 1.53. The Labute approximate surface area is 114 Å². The molecular formula is C8H16N8O4. The lowest BCUT2D eigenvalue weighted by molar-refractivity contribution is 0.136. The summed E-state index contributed by atoms with van der Waals surface area (Å²) in [5.41, 5.74) is 0. The molecule has 0 spiro atoms. The highest BCUT2D eigenvalue weighted by molar-refractivity contribution is 4.65. The van der Waals surface area contributed by atoms with E-state index in [0.29, 0.717) is 0 Å². The fourth-order valence-corrected chi connectivity index (χ4v) is 1.70. The third kappa shape index (κ3) is 5.07. The third-order valence-corrected chi connectivity index (χ3v) is 2.93. The van der Waals surface area contributed by atoms with E-state index in [1.165, 1.54) is 20.0 Å². The highest BCUT2D eigenvalue weighted by Gasteiger charge is 2.15. The first kappa shape index (κ1) is 15.7. The van der Waals surface area contributed by atoms with Gasteiger partial charge < -0.3 is 0 Å². The summed E-state index contributed by atoms with van der Waals surface area (Å²) in [5.74, 6) is 0. The summed E-state index contributed by atoms with van der Waals surface area (Å²) in [6, 6.07) is 0. The molecule has 1 saturated heterocycles. The lowest BCUT2D eigenvalue weighted by Crippen LogP contribution is -2.40. The smallest absolute Gasteiger partial charge is 0.0586 e. The predicted octanol–water partition coefficient (Wildman–Crippen LogP) is -0.0664. The van der Waals surface area contributed by atoms with Crippen LogP contribution in [0.25, 0.3) is 0 Å². The maximum absolute atomic E-state index is 10.6. The van der Waals surface area contributed by atoms with Crippen molar-refractivity contribution < 1.29 is 0 Å². The van der Waals surface area contributed by atoms with Gasteiger partial charge in [0.1, 0.15) is 0 Å². The Kier molecular flexibility index (Phi) is 6.78. The zero-order valence-electron chi connectivity index (χ0n) is 10.9. The number of nitroso groups, excluding NO2 is 4. The quantitative estimate of drug-likeness (QED) is 0.657. The normalized spacial score (nSPS) is 18.8. The van der Waals surface area contributed by atoms with Gasteiger partial charge in [-0.2, -0.15) is 0 Å². The second kappa shape index (κ2) is 8.66. The molecule has 0 aromatic heterocycles. The lowest BCUT2D eigenvalue weighted by atomic mass is 10.4.